The van der Waals surface area contributed by atoms with Crippen LogP contribution in [-0.4, -0.2) is 19.1 Å². The Kier molecular flexibility index (Phi) is 2.68. The number of nitrogens with zero attached hydrogens (tertiary/aromatic N) is 1. The number of benzene rings is 1. The molecule has 14 heavy (non-hydrogen) atoms. The maximum atomic E-state index is 13.4. The van der Waals surface area contributed by atoms with Gasteiger partial charge in [-0.15, -0.1) is 0 Å². The van der Waals surface area contributed by atoms with Crippen molar-refractivity contribution >= 4 is 5.69 Å². The molecule has 0 aliphatic carbocycles. The van der Waals surface area contributed by atoms with E-state index in [2.05, 4.69) is 6.07 Å². The van der Waals surface area contributed by atoms with Gasteiger partial charge in [0.15, 0.2) is 0 Å². The van der Waals surface area contributed by atoms with Crippen molar-refractivity contribution in [1.29, 1.82) is 0 Å². The fraction of sp³-hybridized carbons (Fsp3) is 0.455. The lowest BCUT2D eigenvalue weighted by Gasteiger charge is -2.32. The maximum Gasteiger partial charge on any atom is 0.147 e. The van der Waals surface area contributed by atoms with Crippen molar-refractivity contribution in [3.63, 3.8) is 0 Å². The average Bonchev–Trinajstić information content (AvgIpc) is 2.20. The van der Waals surface area contributed by atoms with Crippen LogP contribution in [0.25, 0.3) is 0 Å². The van der Waals surface area contributed by atoms with Gasteiger partial charge in [0.25, 0.3) is 0 Å². The number of hydrogen-bond acceptors (Lipinski definition) is 2. The Labute approximate surface area is 83.5 Å². The van der Waals surface area contributed by atoms with Crippen LogP contribution in [0.3, 0.4) is 0 Å². The molecule has 1 saturated heterocycles. The van der Waals surface area contributed by atoms with Crippen molar-refractivity contribution in [2.45, 2.75) is 18.9 Å². The van der Waals surface area contributed by atoms with Gasteiger partial charge in [-0.2, -0.15) is 0 Å². The molecule has 1 fully saturated rings. The summed E-state index contributed by atoms with van der Waals surface area (Å²) in [6.45, 7) is 1.70. The molecule has 1 aromatic carbocycles. The Bertz CT molecular complexity index is 306. The predicted octanol–water partition coefficient (Wildman–Crippen LogP) is 1.55. The fourth-order valence-electron chi connectivity index (χ4n) is 1.80. The molecule has 1 aliphatic heterocycles. The first kappa shape index (κ1) is 9.46. The summed E-state index contributed by atoms with van der Waals surface area (Å²) in [6.07, 6.45) is 1.89. The molecule has 2 rings (SSSR count). The molecular weight excluding hydrogens is 179 g/mol. The lowest BCUT2D eigenvalue weighted by Crippen LogP contribution is -2.40. The molecule has 3 heteroatoms. The molecule has 0 bridgehead atoms. The third kappa shape index (κ3) is 1.87. The number of rotatable bonds is 1. The van der Waals surface area contributed by atoms with E-state index in [9.17, 15) is 4.39 Å². The quantitative estimate of drug-likeness (QED) is 0.733. The Morgan fingerprint density at radius 1 is 1.43 bits per heavy atom. The molecule has 0 aromatic heterocycles. The van der Waals surface area contributed by atoms with E-state index in [0.717, 1.165) is 25.9 Å². The second kappa shape index (κ2) is 3.96. The van der Waals surface area contributed by atoms with Crippen LogP contribution in [0, 0.1) is 11.9 Å². The normalized spacial score (nSPS) is 18.6. The monoisotopic (exact) mass is 193 g/mol. The molecule has 1 radical (unpaired) electrons. The second-order valence-corrected chi connectivity index (χ2v) is 3.70. The maximum absolute atomic E-state index is 13.4. The minimum atomic E-state index is -0.192. The van der Waals surface area contributed by atoms with Crippen molar-refractivity contribution in [1.82, 2.24) is 0 Å². The minimum absolute atomic E-state index is 0.192. The highest BCUT2D eigenvalue weighted by atomic mass is 19.1. The van der Waals surface area contributed by atoms with Crippen LogP contribution in [0.5, 0.6) is 0 Å². The lowest BCUT2D eigenvalue weighted by molar-refractivity contribution is 0.494. The third-order valence-corrected chi connectivity index (χ3v) is 2.67. The van der Waals surface area contributed by atoms with Crippen molar-refractivity contribution in [3.05, 3.63) is 30.1 Å². The summed E-state index contributed by atoms with van der Waals surface area (Å²) >= 11 is 0. The van der Waals surface area contributed by atoms with Crippen molar-refractivity contribution in [2.24, 2.45) is 5.73 Å². The van der Waals surface area contributed by atoms with E-state index in [4.69, 9.17) is 5.73 Å². The first-order valence-electron chi connectivity index (χ1n) is 4.93. The number of piperidine rings is 1. The summed E-state index contributed by atoms with van der Waals surface area (Å²) in [7, 11) is 0. The summed E-state index contributed by atoms with van der Waals surface area (Å²) < 4.78 is 13.4. The third-order valence-electron chi connectivity index (χ3n) is 2.67. The molecule has 75 valence electrons. The van der Waals surface area contributed by atoms with Crippen molar-refractivity contribution < 1.29 is 4.39 Å². The predicted molar refractivity (Wildman–Crippen MR) is 54.7 cm³/mol. The number of hydrogen-bond donors (Lipinski definition) is 1. The van der Waals surface area contributed by atoms with Gasteiger partial charge in [0, 0.05) is 19.1 Å². The van der Waals surface area contributed by atoms with Gasteiger partial charge in [-0.1, -0.05) is 6.07 Å². The fourth-order valence-corrected chi connectivity index (χ4v) is 1.80. The van der Waals surface area contributed by atoms with Gasteiger partial charge in [-0.25, -0.2) is 4.39 Å². The summed E-state index contributed by atoms with van der Waals surface area (Å²) in [5.41, 5.74) is 6.46. The molecule has 0 saturated carbocycles. The molecule has 0 spiro atoms. The zero-order chi connectivity index (χ0) is 9.97. The van der Waals surface area contributed by atoms with Gasteiger partial charge in [0.2, 0.25) is 0 Å². The van der Waals surface area contributed by atoms with Gasteiger partial charge >= 0.3 is 0 Å². The van der Waals surface area contributed by atoms with E-state index in [1.807, 2.05) is 4.90 Å². The largest absolute Gasteiger partial charge is 0.369 e. The van der Waals surface area contributed by atoms with Gasteiger partial charge in [0.05, 0.1) is 5.69 Å². The summed E-state index contributed by atoms with van der Waals surface area (Å²) in [5, 5.41) is 0. The van der Waals surface area contributed by atoms with E-state index < -0.39 is 0 Å². The van der Waals surface area contributed by atoms with Gasteiger partial charge in [-0.05, 0) is 31.0 Å². The van der Waals surface area contributed by atoms with E-state index in [0.29, 0.717) is 5.69 Å². The topological polar surface area (TPSA) is 29.3 Å². The SMILES string of the molecule is NC1CCN(c2cc[c]cc2F)CC1. The van der Waals surface area contributed by atoms with E-state index in [-0.39, 0.29) is 11.9 Å². The van der Waals surface area contributed by atoms with E-state index in [1.165, 1.54) is 6.07 Å². The highest BCUT2D eigenvalue weighted by Gasteiger charge is 2.18. The molecule has 1 aliphatic rings. The van der Waals surface area contributed by atoms with Crippen LogP contribution in [0.2, 0.25) is 0 Å². The highest BCUT2D eigenvalue weighted by molar-refractivity contribution is 5.47. The van der Waals surface area contributed by atoms with Crippen LogP contribution < -0.4 is 10.6 Å². The molecule has 0 unspecified atom stereocenters. The Balaban J connectivity index is 2.12. The highest BCUT2D eigenvalue weighted by Crippen LogP contribution is 2.21. The smallest absolute Gasteiger partial charge is 0.147 e. The van der Waals surface area contributed by atoms with Crippen LogP contribution >= 0.6 is 0 Å². The standard InChI is InChI=1S/C11H14FN2/c12-10-3-1-2-4-11(10)14-7-5-9(13)6-8-14/h2-4,9H,5-8,13H2. The van der Waals surface area contributed by atoms with Crippen LogP contribution in [-0.2, 0) is 0 Å². The van der Waals surface area contributed by atoms with Crippen molar-refractivity contribution in [2.75, 3.05) is 18.0 Å². The molecule has 1 aromatic rings. The number of anilines is 1. The molecule has 0 atom stereocenters. The van der Waals surface area contributed by atoms with Crippen LogP contribution in [0.15, 0.2) is 18.2 Å². The number of halogens is 1. The molecule has 2 nitrogen and oxygen atoms in total. The minimum Gasteiger partial charge on any atom is -0.369 e. The van der Waals surface area contributed by atoms with E-state index >= 15 is 0 Å². The van der Waals surface area contributed by atoms with Gasteiger partial charge < -0.3 is 10.6 Å². The zero-order valence-electron chi connectivity index (χ0n) is 8.04. The Morgan fingerprint density at radius 2 is 2.14 bits per heavy atom. The van der Waals surface area contributed by atoms with Crippen LogP contribution in [0.4, 0.5) is 10.1 Å². The van der Waals surface area contributed by atoms with Gasteiger partial charge in [-0.3, -0.25) is 0 Å². The average molecular weight is 193 g/mol. The van der Waals surface area contributed by atoms with Crippen LogP contribution in [0.1, 0.15) is 12.8 Å². The summed E-state index contributed by atoms with van der Waals surface area (Å²) in [5.74, 6) is -0.192. The molecule has 1 heterocycles. The Morgan fingerprint density at radius 3 is 2.79 bits per heavy atom. The summed E-state index contributed by atoms with van der Waals surface area (Å²) in [6, 6.07) is 7.90. The molecule has 0 amide bonds. The van der Waals surface area contributed by atoms with Gasteiger partial charge in [0.1, 0.15) is 5.82 Å². The number of nitrogens with two attached hydrogens (primary N) is 1. The second-order valence-electron chi connectivity index (χ2n) is 3.70. The van der Waals surface area contributed by atoms with E-state index in [1.54, 1.807) is 12.1 Å². The molecular formula is C11H14FN2. The first-order valence-corrected chi connectivity index (χ1v) is 4.93. The zero-order valence-corrected chi connectivity index (χ0v) is 8.04. The summed E-state index contributed by atoms with van der Waals surface area (Å²) in [4.78, 5) is 2.05. The first-order chi connectivity index (χ1) is 6.77. The molecule has 2 N–H and O–H groups in total. The Hall–Kier alpha value is -1.09. The lowest BCUT2D eigenvalue weighted by atomic mass is 10.1. The van der Waals surface area contributed by atoms with Crippen molar-refractivity contribution in [3.8, 4) is 0 Å².